The molecule has 1 amide bonds. The predicted molar refractivity (Wildman–Crippen MR) is 117 cm³/mol. The van der Waals surface area contributed by atoms with Gasteiger partial charge in [0.15, 0.2) is 5.75 Å². The van der Waals surface area contributed by atoms with Gasteiger partial charge in [0.1, 0.15) is 11.8 Å². The molecule has 0 aliphatic heterocycles. The smallest absolute Gasteiger partial charge is 0.326 e. The Morgan fingerprint density at radius 2 is 1.87 bits per heavy atom. The molecule has 1 N–H and O–H groups in total. The van der Waals surface area contributed by atoms with Gasteiger partial charge in [-0.2, -0.15) is 0 Å². The quantitative estimate of drug-likeness (QED) is 0.593. The first-order valence-electron chi connectivity index (χ1n) is 9.30. The number of likely N-dealkylation sites (N-methyl/N-ethyl adjacent to an activating group) is 1. The number of carbonyl (C=O) groups excluding carboxylic acids is 1. The first-order valence-corrected chi connectivity index (χ1v) is 10.1. The number of carbonyl (C=O) groups is 2. The van der Waals surface area contributed by atoms with Crippen LogP contribution in [0.4, 0.5) is 0 Å². The Balaban J connectivity index is 1.93. The van der Waals surface area contributed by atoms with Crippen LogP contribution in [0.15, 0.2) is 41.5 Å². The number of amides is 1. The van der Waals surface area contributed by atoms with Gasteiger partial charge in [-0.1, -0.05) is 23.2 Å². The predicted octanol–water partition coefficient (Wildman–Crippen LogP) is 3.97. The van der Waals surface area contributed by atoms with E-state index < -0.39 is 17.9 Å². The van der Waals surface area contributed by atoms with E-state index in [1.54, 1.807) is 32.2 Å². The number of aryl methyl sites for hydroxylation is 1. The van der Waals surface area contributed by atoms with Crippen LogP contribution in [0.3, 0.4) is 0 Å². The minimum absolute atomic E-state index is 0.0758. The molecular weight excluding hydrogens is 445 g/mol. The van der Waals surface area contributed by atoms with Crippen molar-refractivity contribution in [3.05, 3.63) is 62.6 Å². The third kappa shape index (κ3) is 4.50. The van der Waals surface area contributed by atoms with E-state index in [4.69, 9.17) is 27.9 Å². The molecule has 162 valence electrons. The summed E-state index contributed by atoms with van der Waals surface area (Å²) in [5, 5.41) is 9.80. The normalized spacial score (nSPS) is 11.9. The molecule has 0 aliphatic rings. The second-order valence-corrected chi connectivity index (χ2v) is 7.63. The molecule has 2 aromatic carbocycles. The van der Waals surface area contributed by atoms with Crippen LogP contribution < -0.4 is 10.3 Å². The summed E-state index contributed by atoms with van der Waals surface area (Å²) in [7, 11) is 1.61. The monoisotopic (exact) mass is 463 g/mol. The lowest BCUT2D eigenvalue weighted by Crippen LogP contribution is -2.43. The molecule has 8 nitrogen and oxygen atoms in total. The average molecular weight is 464 g/mol. The van der Waals surface area contributed by atoms with Crippen LogP contribution in [-0.4, -0.2) is 44.0 Å². The van der Waals surface area contributed by atoms with Gasteiger partial charge < -0.3 is 19.3 Å². The zero-order chi connectivity index (χ0) is 22.9. The number of hydrogen-bond acceptors (Lipinski definition) is 5. The van der Waals surface area contributed by atoms with Crippen molar-refractivity contribution in [3.63, 3.8) is 0 Å². The van der Waals surface area contributed by atoms with E-state index in [-0.39, 0.29) is 33.5 Å². The number of rotatable bonds is 6. The number of fused-ring (bicyclic) bond motifs is 1. The van der Waals surface area contributed by atoms with Crippen molar-refractivity contribution in [1.29, 1.82) is 0 Å². The summed E-state index contributed by atoms with van der Waals surface area (Å²) in [6.45, 7) is 3.30. The molecule has 0 saturated heterocycles. The van der Waals surface area contributed by atoms with Gasteiger partial charge in [-0.05, 0) is 38.1 Å². The minimum atomic E-state index is -1.12. The van der Waals surface area contributed by atoms with E-state index in [1.165, 1.54) is 34.9 Å². The highest BCUT2D eigenvalue weighted by Gasteiger charge is 2.26. The Labute approximate surface area is 187 Å². The summed E-state index contributed by atoms with van der Waals surface area (Å²) < 4.78 is 7.17. The zero-order valence-corrected chi connectivity index (χ0v) is 18.4. The summed E-state index contributed by atoms with van der Waals surface area (Å²) in [5.74, 6) is -1.16. The van der Waals surface area contributed by atoms with Crippen molar-refractivity contribution in [2.75, 3.05) is 6.54 Å². The van der Waals surface area contributed by atoms with Crippen LogP contribution in [0, 0.1) is 0 Å². The van der Waals surface area contributed by atoms with Gasteiger partial charge >= 0.3 is 5.97 Å². The van der Waals surface area contributed by atoms with E-state index in [0.29, 0.717) is 16.7 Å². The van der Waals surface area contributed by atoms with Crippen LogP contribution >= 0.6 is 23.2 Å². The van der Waals surface area contributed by atoms with Crippen LogP contribution in [0.5, 0.6) is 11.5 Å². The highest BCUT2D eigenvalue weighted by atomic mass is 35.5. The summed E-state index contributed by atoms with van der Waals surface area (Å²) >= 11 is 12.6. The van der Waals surface area contributed by atoms with E-state index >= 15 is 0 Å². The highest BCUT2D eigenvalue weighted by molar-refractivity contribution is 6.37. The first kappa shape index (κ1) is 22.6. The van der Waals surface area contributed by atoms with Crippen LogP contribution in [-0.2, 0) is 11.8 Å². The fourth-order valence-corrected chi connectivity index (χ4v) is 3.61. The van der Waals surface area contributed by atoms with E-state index in [0.717, 1.165) is 0 Å². The van der Waals surface area contributed by atoms with Gasteiger partial charge in [0.05, 0.1) is 27.3 Å². The van der Waals surface area contributed by atoms with Crippen LogP contribution in [0.2, 0.25) is 10.0 Å². The highest BCUT2D eigenvalue weighted by Crippen LogP contribution is 2.38. The molecule has 3 rings (SSSR count). The number of benzene rings is 2. The number of ether oxygens (including phenoxy) is 1. The van der Waals surface area contributed by atoms with Gasteiger partial charge in [0.2, 0.25) is 0 Å². The van der Waals surface area contributed by atoms with E-state index in [2.05, 4.69) is 4.98 Å². The lowest BCUT2D eigenvalue weighted by atomic mass is 10.1. The number of aliphatic carboxylic acids is 1. The number of carboxylic acids is 1. The molecule has 0 fully saturated rings. The Kier molecular flexibility index (Phi) is 6.52. The maximum Gasteiger partial charge on any atom is 0.326 e. The van der Waals surface area contributed by atoms with Gasteiger partial charge in [-0.25, -0.2) is 9.78 Å². The topological polar surface area (TPSA) is 102 Å². The van der Waals surface area contributed by atoms with Crippen molar-refractivity contribution < 1.29 is 19.4 Å². The van der Waals surface area contributed by atoms with Gasteiger partial charge in [-0.15, -0.1) is 0 Å². The third-order valence-corrected chi connectivity index (χ3v) is 5.34. The summed E-state index contributed by atoms with van der Waals surface area (Å²) in [6.07, 6.45) is 1.41. The minimum Gasteiger partial charge on any atom is -0.480 e. The SMILES string of the molecule is CCN(C(=O)c1cc(Cl)c(Oc2ccc3c(=O)n(C)cnc3c2)c(Cl)c1)[C@@H](C)C(=O)O. The largest absolute Gasteiger partial charge is 0.480 e. The zero-order valence-electron chi connectivity index (χ0n) is 16.9. The van der Waals surface area contributed by atoms with Crippen molar-refractivity contribution >= 4 is 46.0 Å². The molecule has 0 bridgehead atoms. The number of hydrogen-bond donors (Lipinski definition) is 1. The molecular formula is C21H19Cl2N3O5. The van der Waals surface area contributed by atoms with Crippen molar-refractivity contribution in [1.82, 2.24) is 14.5 Å². The van der Waals surface area contributed by atoms with Crippen LogP contribution in [0.25, 0.3) is 10.9 Å². The van der Waals surface area contributed by atoms with E-state index in [9.17, 15) is 19.5 Å². The number of halogens is 2. The van der Waals surface area contributed by atoms with E-state index in [1.807, 2.05) is 0 Å². The third-order valence-electron chi connectivity index (χ3n) is 4.78. The summed E-state index contributed by atoms with van der Waals surface area (Å²) in [6, 6.07) is 6.49. The maximum atomic E-state index is 12.8. The van der Waals surface area contributed by atoms with Crippen molar-refractivity contribution in [3.8, 4) is 11.5 Å². The fraction of sp³-hybridized carbons (Fsp3) is 0.238. The molecule has 31 heavy (non-hydrogen) atoms. The number of carboxylic acid groups (broad SMARTS) is 1. The standard InChI is InChI=1S/C21H19Cl2N3O5/c1-4-26(11(2)21(29)30)19(27)12-7-15(22)18(16(23)8-12)31-13-5-6-14-17(9-13)24-10-25(3)20(14)28/h5-11H,4H2,1-3H3,(H,29,30)/t11-/m0/s1. The first-order chi connectivity index (χ1) is 14.6. The molecule has 3 aromatic rings. The Morgan fingerprint density at radius 3 is 2.45 bits per heavy atom. The number of nitrogens with zero attached hydrogens (tertiary/aromatic N) is 3. The molecule has 0 radical (unpaired) electrons. The Morgan fingerprint density at radius 1 is 1.23 bits per heavy atom. The molecule has 10 heteroatoms. The lowest BCUT2D eigenvalue weighted by molar-refractivity contribution is -0.141. The number of aromatic nitrogens is 2. The fourth-order valence-electron chi connectivity index (χ4n) is 3.05. The lowest BCUT2D eigenvalue weighted by Gasteiger charge is -2.25. The molecule has 1 atom stereocenters. The maximum absolute atomic E-state index is 12.8. The van der Waals surface area contributed by atoms with Crippen molar-refractivity contribution in [2.24, 2.45) is 7.05 Å². The Bertz CT molecular complexity index is 1220. The van der Waals surface area contributed by atoms with Gasteiger partial charge in [0, 0.05) is 25.2 Å². The second kappa shape index (κ2) is 8.95. The van der Waals surface area contributed by atoms with Gasteiger partial charge in [0.25, 0.3) is 11.5 Å². The average Bonchev–Trinajstić information content (AvgIpc) is 2.73. The molecule has 0 spiro atoms. The van der Waals surface area contributed by atoms with Crippen LogP contribution in [0.1, 0.15) is 24.2 Å². The molecule has 0 saturated carbocycles. The van der Waals surface area contributed by atoms with Gasteiger partial charge in [-0.3, -0.25) is 9.59 Å². The molecule has 0 aliphatic carbocycles. The van der Waals surface area contributed by atoms with Crippen molar-refractivity contribution in [2.45, 2.75) is 19.9 Å². The summed E-state index contributed by atoms with van der Waals surface area (Å²) in [4.78, 5) is 41.6. The second-order valence-electron chi connectivity index (χ2n) is 6.82. The molecule has 1 heterocycles. The molecule has 1 aromatic heterocycles. The summed E-state index contributed by atoms with van der Waals surface area (Å²) in [5.41, 5.74) is 0.397. The Hall–Kier alpha value is -3.10. The molecule has 0 unspecified atom stereocenters.